The van der Waals surface area contributed by atoms with Crippen LogP contribution in [0, 0.1) is 5.92 Å². The lowest BCUT2D eigenvalue weighted by Crippen LogP contribution is -2.38. The largest absolute Gasteiger partial charge is 0.396 e. The summed E-state index contributed by atoms with van der Waals surface area (Å²) in [5, 5.41) is 18.8. The third-order valence-electron chi connectivity index (χ3n) is 4.73. The molecule has 0 saturated heterocycles. The van der Waals surface area contributed by atoms with Crippen molar-refractivity contribution in [2.24, 2.45) is 5.92 Å². The van der Waals surface area contributed by atoms with Crippen molar-refractivity contribution >= 4 is 17.6 Å². The zero-order chi connectivity index (χ0) is 18.5. The zero-order valence-electron chi connectivity index (χ0n) is 14.8. The van der Waals surface area contributed by atoms with Crippen LogP contribution in [0.3, 0.4) is 0 Å². The molecule has 7 nitrogen and oxygen atoms in total. The van der Waals surface area contributed by atoms with E-state index < -0.39 is 17.9 Å². The molecule has 2 atom stereocenters. The Morgan fingerprint density at radius 3 is 2.62 bits per heavy atom. The molecule has 1 fully saturated rings. The van der Waals surface area contributed by atoms with Crippen LogP contribution in [0.4, 0.5) is 5.82 Å². The molecule has 0 spiro atoms. The predicted octanol–water partition coefficient (Wildman–Crippen LogP) is 2.03. The van der Waals surface area contributed by atoms with Crippen LogP contribution in [-0.2, 0) is 9.59 Å². The topological polar surface area (TPSA) is 96.2 Å². The second-order valence-electron chi connectivity index (χ2n) is 6.64. The first-order valence-corrected chi connectivity index (χ1v) is 8.91. The summed E-state index contributed by atoms with van der Waals surface area (Å²) < 4.78 is 1.76. The number of nitrogens with zero attached hydrogens (tertiary/aromatic N) is 2. The van der Waals surface area contributed by atoms with E-state index in [1.165, 1.54) is 0 Å². The number of aliphatic hydroxyl groups is 1. The Labute approximate surface area is 152 Å². The molecule has 0 bridgehead atoms. The van der Waals surface area contributed by atoms with E-state index in [4.69, 9.17) is 0 Å². The molecule has 3 rings (SSSR count). The van der Waals surface area contributed by atoms with Gasteiger partial charge >= 0.3 is 11.8 Å². The minimum Gasteiger partial charge on any atom is -0.396 e. The standard InChI is InChI=1S/C19H24N4O3/c1-13(14-7-8-14)23-17(9-11-20-23)22-19(26)18(25)21-16(10-12-24)15-5-3-2-4-6-15/h2-6,9,11,13-14,16,24H,7-8,10,12H2,1H3,(H,21,25)(H,22,26)/t13-,16-/m0/s1. The van der Waals surface area contributed by atoms with Crippen molar-refractivity contribution in [2.75, 3.05) is 11.9 Å². The van der Waals surface area contributed by atoms with Gasteiger partial charge in [0.05, 0.1) is 18.3 Å². The van der Waals surface area contributed by atoms with Crippen LogP contribution in [0.2, 0.25) is 0 Å². The van der Waals surface area contributed by atoms with Gasteiger partial charge in [0.25, 0.3) is 0 Å². The maximum atomic E-state index is 12.3. The summed E-state index contributed by atoms with van der Waals surface area (Å²) >= 11 is 0. The molecule has 1 saturated carbocycles. The highest BCUT2D eigenvalue weighted by molar-refractivity contribution is 6.39. The number of amides is 2. The summed E-state index contributed by atoms with van der Waals surface area (Å²) in [6, 6.07) is 10.7. The van der Waals surface area contributed by atoms with E-state index >= 15 is 0 Å². The van der Waals surface area contributed by atoms with Gasteiger partial charge in [-0.05, 0) is 37.7 Å². The van der Waals surface area contributed by atoms with E-state index in [1.807, 2.05) is 30.3 Å². The Morgan fingerprint density at radius 2 is 1.96 bits per heavy atom. The van der Waals surface area contributed by atoms with Crippen LogP contribution < -0.4 is 10.6 Å². The second-order valence-corrected chi connectivity index (χ2v) is 6.64. The molecule has 0 radical (unpaired) electrons. The summed E-state index contributed by atoms with van der Waals surface area (Å²) in [5.41, 5.74) is 0.843. The fourth-order valence-electron chi connectivity index (χ4n) is 3.05. The summed E-state index contributed by atoms with van der Waals surface area (Å²) in [4.78, 5) is 24.6. The quantitative estimate of drug-likeness (QED) is 0.662. The highest BCUT2D eigenvalue weighted by Gasteiger charge is 2.31. The number of hydrogen-bond acceptors (Lipinski definition) is 4. The minimum absolute atomic E-state index is 0.0901. The predicted molar refractivity (Wildman–Crippen MR) is 97.3 cm³/mol. The first-order chi connectivity index (χ1) is 12.6. The lowest BCUT2D eigenvalue weighted by molar-refractivity contribution is -0.136. The van der Waals surface area contributed by atoms with Crippen LogP contribution in [0.25, 0.3) is 0 Å². The molecule has 138 valence electrons. The Balaban J connectivity index is 1.64. The first-order valence-electron chi connectivity index (χ1n) is 8.91. The Kier molecular flexibility index (Phi) is 5.68. The van der Waals surface area contributed by atoms with Gasteiger partial charge in [-0.2, -0.15) is 5.10 Å². The van der Waals surface area contributed by atoms with E-state index in [9.17, 15) is 14.7 Å². The van der Waals surface area contributed by atoms with Crippen molar-refractivity contribution in [2.45, 2.75) is 38.3 Å². The van der Waals surface area contributed by atoms with Gasteiger partial charge in [-0.15, -0.1) is 0 Å². The van der Waals surface area contributed by atoms with E-state index in [2.05, 4.69) is 22.7 Å². The molecule has 0 aliphatic heterocycles. The van der Waals surface area contributed by atoms with Crippen molar-refractivity contribution in [3.05, 3.63) is 48.2 Å². The number of rotatable bonds is 7. The van der Waals surface area contributed by atoms with Gasteiger partial charge in [0, 0.05) is 12.7 Å². The van der Waals surface area contributed by atoms with Crippen LogP contribution in [-0.4, -0.2) is 33.3 Å². The first kappa shape index (κ1) is 18.1. The second kappa shape index (κ2) is 8.14. The molecule has 1 aliphatic carbocycles. The van der Waals surface area contributed by atoms with Crippen molar-refractivity contribution in [1.29, 1.82) is 0 Å². The molecule has 0 unspecified atom stereocenters. The van der Waals surface area contributed by atoms with Gasteiger partial charge in [0.2, 0.25) is 0 Å². The molecule has 1 aromatic carbocycles. The fraction of sp³-hybridized carbons (Fsp3) is 0.421. The highest BCUT2D eigenvalue weighted by Crippen LogP contribution is 2.40. The lowest BCUT2D eigenvalue weighted by Gasteiger charge is -2.19. The van der Waals surface area contributed by atoms with Gasteiger partial charge in [-0.3, -0.25) is 9.59 Å². The number of benzene rings is 1. The number of carbonyl (C=O) groups excluding carboxylic acids is 2. The number of aliphatic hydroxyl groups excluding tert-OH is 1. The van der Waals surface area contributed by atoms with Crippen LogP contribution in [0.15, 0.2) is 42.6 Å². The Hall–Kier alpha value is -2.67. The van der Waals surface area contributed by atoms with Crippen LogP contribution >= 0.6 is 0 Å². The van der Waals surface area contributed by atoms with Gasteiger partial charge in [-0.25, -0.2) is 4.68 Å². The highest BCUT2D eigenvalue weighted by atomic mass is 16.3. The average molecular weight is 356 g/mol. The summed E-state index contributed by atoms with van der Waals surface area (Å²) in [5.74, 6) is -0.387. The van der Waals surface area contributed by atoms with Crippen molar-refractivity contribution in [1.82, 2.24) is 15.1 Å². The molecular weight excluding hydrogens is 332 g/mol. The van der Waals surface area contributed by atoms with Gasteiger partial charge in [0.1, 0.15) is 5.82 Å². The third kappa shape index (κ3) is 4.29. The third-order valence-corrected chi connectivity index (χ3v) is 4.73. The maximum absolute atomic E-state index is 12.3. The molecule has 7 heteroatoms. The Bertz CT molecular complexity index is 755. The number of carbonyl (C=O) groups is 2. The SMILES string of the molecule is C[C@@H](C1CC1)n1nccc1NC(=O)C(=O)N[C@@H](CCO)c1ccccc1. The van der Waals surface area contributed by atoms with Gasteiger partial charge < -0.3 is 15.7 Å². The van der Waals surface area contributed by atoms with E-state index in [0.717, 1.165) is 18.4 Å². The summed E-state index contributed by atoms with van der Waals surface area (Å²) in [6.07, 6.45) is 4.27. The molecule has 1 aromatic heterocycles. The monoisotopic (exact) mass is 356 g/mol. The van der Waals surface area contributed by atoms with Crippen molar-refractivity contribution in [3.63, 3.8) is 0 Å². The molecular formula is C19H24N4O3. The molecule has 1 heterocycles. The van der Waals surface area contributed by atoms with Crippen LogP contribution in [0.5, 0.6) is 0 Å². The maximum Gasteiger partial charge on any atom is 0.314 e. The summed E-state index contributed by atoms with van der Waals surface area (Å²) in [7, 11) is 0. The fourth-order valence-corrected chi connectivity index (χ4v) is 3.05. The average Bonchev–Trinajstić information content (AvgIpc) is 3.41. The number of hydrogen-bond donors (Lipinski definition) is 3. The number of anilines is 1. The van der Waals surface area contributed by atoms with E-state index in [0.29, 0.717) is 18.2 Å². The van der Waals surface area contributed by atoms with Gasteiger partial charge in [0.15, 0.2) is 0 Å². The smallest absolute Gasteiger partial charge is 0.314 e. The van der Waals surface area contributed by atoms with Crippen molar-refractivity contribution in [3.8, 4) is 0 Å². The van der Waals surface area contributed by atoms with E-state index in [1.54, 1.807) is 16.9 Å². The minimum atomic E-state index is -0.742. The number of nitrogens with one attached hydrogen (secondary N) is 2. The van der Waals surface area contributed by atoms with Crippen molar-refractivity contribution < 1.29 is 14.7 Å². The molecule has 2 aromatic rings. The summed E-state index contributed by atoms with van der Waals surface area (Å²) in [6.45, 7) is 1.97. The number of aromatic nitrogens is 2. The van der Waals surface area contributed by atoms with Crippen LogP contribution in [0.1, 0.15) is 43.8 Å². The lowest BCUT2D eigenvalue weighted by atomic mass is 10.0. The molecule has 3 N–H and O–H groups in total. The zero-order valence-corrected chi connectivity index (χ0v) is 14.8. The molecule has 1 aliphatic rings. The molecule has 2 amide bonds. The Morgan fingerprint density at radius 1 is 1.23 bits per heavy atom. The van der Waals surface area contributed by atoms with Gasteiger partial charge in [-0.1, -0.05) is 30.3 Å². The molecule has 26 heavy (non-hydrogen) atoms. The van der Waals surface area contributed by atoms with E-state index in [-0.39, 0.29) is 12.6 Å². The normalized spacial score (nSPS) is 15.9.